The molecule has 8 heteroatoms. The van der Waals surface area contributed by atoms with Gasteiger partial charge < -0.3 is 10.6 Å². The summed E-state index contributed by atoms with van der Waals surface area (Å²) in [6.07, 6.45) is 1.78. The summed E-state index contributed by atoms with van der Waals surface area (Å²) < 4.78 is 25.0. The number of nitrogens with zero attached hydrogens (tertiary/aromatic N) is 2. The fourth-order valence-corrected chi connectivity index (χ4v) is 4.98. The van der Waals surface area contributed by atoms with E-state index in [1.54, 1.807) is 22.7 Å². The van der Waals surface area contributed by atoms with E-state index in [2.05, 4.69) is 40.1 Å². The molecule has 0 bridgehead atoms. The molecule has 0 amide bonds. The molecule has 1 aliphatic rings. The quantitative estimate of drug-likeness (QED) is 0.566. The third kappa shape index (κ3) is 5.78. The van der Waals surface area contributed by atoms with Gasteiger partial charge in [0.1, 0.15) is 0 Å². The van der Waals surface area contributed by atoms with Gasteiger partial charge in [-0.15, -0.1) is 11.3 Å². The van der Waals surface area contributed by atoms with Crippen molar-refractivity contribution in [2.45, 2.75) is 19.8 Å². The first-order chi connectivity index (χ1) is 11.0. The Balaban J connectivity index is 1.67. The SMILES string of the molecule is CN=C(NCCN1CCCS1(=O)=O)NCC(C)Cc1cccs1. The minimum absolute atomic E-state index is 0.278. The maximum Gasteiger partial charge on any atom is 0.214 e. The highest BCUT2D eigenvalue weighted by Crippen LogP contribution is 2.14. The second-order valence-corrected chi connectivity index (χ2v) is 8.96. The zero-order chi connectivity index (χ0) is 16.7. The fourth-order valence-electron chi connectivity index (χ4n) is 2.58. The van der Waals surface area contributed by atoms with Crippen LogP contribution in [0.25, 0.3) is 0 Å². The largest absolute Gasteiger partial charge is 0.356 e. The lowest BCUT2D eigenvalue weighted by Crippen LogP contribution is -2.43. The standard InChI is InChI=1S/C15H26N4O2S2/c1-13(11-14-5-3-9-22-14)12-18-15(16-2)17-6-8-19-7-4-10-23(19,20)21/h3,5,9,13H,4,6-8,10-12H2,1-2H3,(H2,16,17,18). The van der Waals surface area contributed by atoms with Crippen LogP contribution in [-0.4, -0.2) is 57.7 Å². The molecule has 0 aliphatic carbocycles. The zero-order valence-corrected chi connectivity index (χ0v) is 15.4. The minimum Gasteiger partial charge on any atom is -0.356 e. The van der Waals surface area contributed by atoms with Crippen molar-refractivity contribution < 1.29 is 8.42 Å². The number of sulfonamides is 1. The Morgan fingerprint density at radius 3 is 2.91 bits per heavy atom. The monoisotopic (exact) mass is 358 g/mol. The van der Waals surface area contributed by atoms with Crippen LogP contribution in [0.15, 0.2) is 22.5 Å². The van der Waals surface area contributed by atoms with E-state index in [-0.39, 0.29) is 5.75 Å². The van der Waals surface area contributed by atoms with Crippen LogP contribution in [-0.2, 0) is 16.4 Å². The first-order valence-electron chi connectivity index (χ1n) is 7.96. The lowest BCUT2D eigenvalue weighted by Gasteiger charge is -2.18. The molecule has 2 rings (SSSR count). The first kappa shape index (κ1) is 18.2. The number of thiophene rings is 1. The molecule has 130 valence electrons. The third-order valence-electron chi connectivity index (χ3n) is 3.83. The predicted molar refractivity (Wildman–Crippen MR) is 96.5 cm³/mol. The van der Waals surface area contributed by atoms with Gasteiger partial charge >= 0.3 is 0 Å². The Morgan fingerprint density at radius 1 is 1.48 bits per heavy atom. The summed E-state index contributed by atoms with van der Waals surface area (Å²) in [6.45, 7) is 4.73. The number of hydrogen-bond acceptors (Lipinski definition) is 4. The maximum absolute atomic E-state index is 11.7. The van der Waals surface area contributed by atoms with E-state index in [1.165, 1.54) is 4.88 Å². The van der Waals surface area contributed by atoms with Gasteiger partial charge in [0, 0.05) is 38.1 Å². The molecule has 2 N–H and O–H groups in total. The van der Waals surface area contributed by atoms with Gasteiger partial charge in [-0.05, 0) is 30.2 Å². The van der Waals surface area contributed by atoms with Crippen molar-refractivity contribution in [1.82, 2.24) is 14.9 Å². The van der Waals surface area contributed by atoms with Crippen LogP contribution in [0.5, 0.6) is 0 Å². The van der Waals surface area contributed by atoms with Crippen molar-refractivity contribution in [1.29, 1.82) is 0 Å². The van der Waals surface area contributed by atoms with Crippen LogP contribution in [0.4, 0.5) is 0 Å². The molecule has 1 saturated heterocycles. The van der Waals surface area contributed by atoms with Crippen molar-refractivity contribution in [3.8, 4) is 0 Å². The molecular weight excluding hydrogens is 332 g/mol. The summed E-state index contributed by atoms with van der Waals surface area (Å²) in [5.74, 6) is 1.51. The average Bonchev–Trinajstić information content (AvgIpc) is 3.12. The van der Waals surface area contributed by atoms with E-state index in [9.17, 15) is 8.42 Å². The third-order valence-corrected chi connectivity index (χ3v) is 6.68. The summed E-state index contributed by atoms with van der Waals surface area (Å²) in [4.78, 5) is 5.58. The van der Waals surface area contributed by atoms with Crippen molar-refractivity contribution in [2.24, 2.45) is 10.9 Å². The molecule has 1 atom stereocenters. The molecule has 23 heavy (non-hydrogen) atoms. The van der Waals surface area contributed by atoms with Gasteiger partial charge in [0.25, 0.3) is 0 Å². The number of aliphatic imine (C=N–C) groups is 1. The lowest BCUT2D eigenvalue weighted by atomic mass is 10.1. The van der Waals surface area contributed by atoms with Crippen LogP contribution < -0.4 is 10.6 Å². The molecule has 1 aromatic rings. The second kappa shape index (κ2) is 8.65. The Bertz CT molecular complexity index is 599. The molecular formula is C15H26N4O2S2. The van der Waals surface area contributed by atoms with Crippen LogP contribution >= 0.6 is 11.3 Å². The smallest absolute Gasteiger partial charge is 0.214 e. The minimum atomic E-state index is -3.01. The molecule has 1 unspecified atom stereocenters. The van der Waals surface area contributed by atoms with Crippen molar-refractivity contribution >= 4 is 27.3 Å². The van der Waals surface area contributed by atoms with E-state index in [0.717, 1.165) is 25.3 Å². The number of rotatable bonds is 7. The lowest BCUT2D eigenvalue weighted by molar-refractivity contribution is 0.444. The topological polar surface area (TPSA) is 73.8 Å². The predicted octanol–water partition coefficient (Wildman–Crippen LogP) is 1.13. The van der Waals surface area contributed by atoms with Crippen molar-refractivity contribution in [2.75, 3.05) is 39.0 Å². The van der Waals surface area contributed by atoms with Gasteiger partial charge in [0.05, 0.1) is 5.75 Å². The molecule has 6 nitrogen and oxygen atoms in total. The Hall–Kier alpha value is -1.12. The fraction of sp³-hybridized carbons (Fsp3) is 0.667. The molecule has 0 aromatic carbocycles. The Kier molecular flexibility index (Phi) is 6.86. The average molecular weight is 359 g/mol. The van der Waals surface area contributed by atoms with Crippen molar-refractivity contribution in [3.63, 3.8) is 0 Å². The van der Waals surface area contributed by atoms with Crippen molar-refractivity contribution in [3.05, 3.63) is 22.4 Å². The summed E-state index contributed by atoms with van der Waals surface area (Å²) in [6, 6.07) is 4.23. The van der Waals surface area contributed by atoms with E-state index in [0.29, 0.717) is 25.6 Å². The zero-order valence-electron chi connectivity index (χ0n) is 13.8. The molecule has 0 spiro atoms. The molecule has 0 saturated carbocycles. The summed E-state index contributed by atoms with van der Waals surface area (Å²) in [5.41, 5.74) is 0. The maximum atomic E-state index is 11.7. The van der Waals surface area contributed by atoms with Gasteiger partial charge in [-0.2, -0.15) is 0 Å². The van der Waals surface area contributed by atoms with Crippen LogP contribution in [0.3, 0.4) is 0 Å². The number of hydrogen-bond donors (Lipinski definition) is 2. The molecule has 0 radical (unpaired) electrons. The highest BCUT2D eigenvalue weighted by atomic mass is 32.2. The molecule has 1 aromatic heterocycles. The van der Waals surface area contributed by atoms with Gasteiger partial charge in [-0.3, -0.25) is 4.99 Å². The van der Waals surface area contributed by atoms with Gasteiger partial charge in [0.15, 0.2) is 5.96 Å². The molecule has 1 fully saturated rings. The molecule has 2 heterocycles. The normalized spacial score (nSPS) is 19.7. The van der Waals surface area contributed by atoms with Crippen LogP contribution in [0, 0.1) is 5.92 Å². The van der Waals surface area contributed by atoms with Gasteiger partial charge in [0.2, 0.25) is 10.0 Å². The van der Waals surface area contributed by atoms with E-state index in [1.807, 2.05) is 0 Å². The molecule has 1 aliphatic heterocycles. The summed E-state index contributed by atoms with van der Waals surface area (Å²) in [5, 5.41) is 8.59. The summed E-state index contributed by atoms with van der Waals surface area (Å²) in [7, 11) is -1.28. The van der Waals surface area contributed by atoms with E-state index in [4.69, 9.17) is 0 Å². The second-order valence-electron chi connectivity index (χ2n) is 5.84. The van der Waals surface area contributed by atoms with Gasteiger partial charge in [-0.1, -0.05) is 13.0 Å². The number of nitrogens with one attached hydrogen (secondary N) is 2. The Labute approximate surface area is 143 Å². The van der Waals surface area contributed by atoms with E-state index >= 15 is 0 Å². The highest BCUT2D eigenvalue weighted by Gasteiger charge is 2.27. The summed E-state index contributed by atoms with van der Waals surface area (Å²) >= 11 is 1.78. The van der Waals surface area contributed by atoms with Crippen LogP contribution in [0.1, 0.15) is 18.2 Å². The number of guanidine groups is 1. The highest BCUT2D eigenvalue weighted by molar-refractivity contribution is 7.89. The van der Waals surface area contributed by atoms with E-state index < -0.39 is 10.0 Å². The Morgan fingerprint density at radius 2 is 2.30 bits per heavy atom. The first-order valence-corrected chi connectivity index (χ1v) is 10.4. The van der Waals surface area contributed by atoms with Crippen LogP contribution in [0.2, 0.25) is 0 Å². The van der Waals surface area contributed by atoms with Gasteiger partial charge in [-0.25, -0.2) is 12.7 Å².